The highest BCUT2D eigenvalue weighted by Gasteiger charge is 2.26. The smallest absolute Gasteiger partial charge is 0.337 e. The van der Waals surface area contributed by atoms with Gasteiger partial charge in [-0.1, -0.05) is 29.8 Å². The number of sulfonamides is 1. The molecule has 3 rings (SSSR count). The molecule has 0 aromatic heterocycles. The van der Waals surface area contributed by atoms with Crippen LogP contribution >= 0.6 is 11.6 Å². The van der Waals surface area contributed by atoms with Gasteiger partial charge in [0.25, 0.3) is 0 Å². The summed E-state index contributed by atoms with van der Waals surface area (Å²) in [7, 11) is -2.60. The predicted molar refractivity (Wildman–Crippen MR) is 114 cm³/mol. The van der Waals surface area contributed by atoms with E-state index >= 15 is 0 Å². The number of nitrogens with one attached hydrogen (secondary N) is 1. The molecule has 9 heteroatoms. The van der Waals surface area contributed by atoms with Crippen molar-refractivity contribution in [3.8, 4) is 0 Å². The maximum Gasteiger partial charge on any atom is 0.337 e. The Kier molecular flexibility index (Phi) is 7.49. The molecule has 2 aromatic rings. The molecule has 0 radical (unpaired) electrons. The zero-order chi connectivity index (χ0) is 21.7. The molecule has 1 unspecified atom stereocenters. The Labute approximate surface area is 182 Å². The number of carbonyl (C=O) groups is 1. The van der Waals surface area contributed by atoms with Gasteiger partial charge in [-0.15, -0.1) is 0 Å². The first-order valence-electron chi connectivity index (χ1n) is 9.57. The number of nitrogens with zero attached hydrogens (tertiary/aromatic N) is 1. The normalized spacial score (nSPS) is 16.2. The van der Waals surface area contributed by atoms with Gasteiger partial charge in [0.15, 0.2) is 0 Å². The van der Waals surface area contributed by atoms with Gasteiger partial charge in [0.1, 0.15) is 0 Å². The first-order valence-corrected chi connectivity index (χ1v) is 11.4. The second-order valence-corrected chi connectivity index (χ2v) is 9.21. The minimum Gasteiger partial charge on any atom is -0.465 e. The predicted octanol–water partition coefficient (Wildman–Crippen LogP) is 2.79. The van der Waals surface area contributed by atoms with E-state index in [0.29, 0.717) is 36.9 Å². The lowest BCUT2D eigenvalue weighted by atomic mass is 10.1. The van der Waals surface area contributed by atoms with Crippen molar-refractivity contribution in [3.05, 3.63) is 64.2 Å². The Bertz CT molecular complexity index is 1010. The van der Waals surface area contributed by atoms with E-state index < -0.39 is 16.0 Å². The number of hydrogen-bond acceptors (Lipinski definition) is 6. The lowest BCUT2D eigenvalue weighted by Gasteiger charge is -2.35. The fraction of sp³-hybridized carbons (Fsp3) is 0.381. The van der Waals surface area contributed by atoms with Gasteiger partial charge in [-0.25, -0.2) is 17.9 Å². The number of aryl methyl sites for hydroxylation is 1. The third kappa shape index (κ3) is 5.39. The second-order valence-electron chi connectivity index (χ2n) is 7.04. The summed E-state index contributed by atoms with van der Waals surface area (Å²) in [6, 6.07) is 11.7. The third-order valence-corrected chi connectivity index (χ3v) is 6.89. The fourth-order valence-electron chi connectivity index (χ4n) is 3.46. The zero-order valence-corrected chi connectivity index (χ0v) is 18.5. The first-order chi connectivity index (χ1) is 14.3. The van der Waals surface area contributed by atoms with E-state index in [-0.39, 0.29) is 23.0 Å². The van der Waals surface area contributed by atoms with Crippen molar-refractivity contribution >= 4 is 27.6 Å². The van der Waals surface area contributed by atoms with Crippen LogP contribution in [-0.4, -0.2) is 59.2 Å². The molecule has 1 atom stereocenters. The van der Waals surface area contributed by atoms with Gasteiger partial charge in [-0.3, -0.25) is 4.90 Å². The van der Waals surface area contributed by atoms with Crippen LogP contribution in [-0.2, 0) is 19.5 Å². The van der Waals surface area contributed by atoms with E-state index in [1.807, 2.05) is 18.2 Å². The van der Waals surface area contributed by atoms with Gasteiger partial charge < -0.3 is 9.47 Å². The molecule has 7 nitrogen and oxygen atoms in total. The molecule has 162 valence electrons. The molecule has 1 saturated heterocycles. The Morgan fingerprint density at radius 1 is 1.23 bits per heavy atom. The SMILES string of the molecule is COC(=O)c1ccc(C)c(S(=O)(=O)NCC(c2cccc(Cl)c2)N2CCOCC2)c1. The number of benzene rings is 2. The number of methoxy groups -OCH3 is 1. The Morgan fingerprint density at radius 2 is 1.97 bits per heavy atom. The number of esters is 1. The average molecular weight is 453 g/mol. The molecular weight excluding hydrogens is 428 g/mol. The topological polar surface area (TPSA) is 84.9 Å². The van der Waals surface area contributed by atoms with Crippen molar-refractivity contribution in [2.24, 2.45) is 0 Å². The van der Waals surface area contributed by atoms with Crippen molar-refractivity contribution in [3.63, 3.8) is 0 Å². The van der Waals surface area contributed by atoms with Crippen LogP contribution in [0.5, 0.6) is 0 Å². The van der Waals surface area contributed by atoms with E-state index in [1.165, 1.54) is 13.2 Å². The minimum absolute atomic E-state index is 0.0530. The minimum atomic E-state index is -3.86. The molecule has 30 heavy (non-hydrogen) atoms. The van der Waals surface area contributed by atoms with Crippen molar-refractivity contribution in [1.82, 2.24) is 9.62 Å². The quantitative estimate of drug-likeness (QED) is 0.650. The van der Waals surface area contributed by atoms with Crippen LogP contribution in [0.3, 0.4) is 0 Å². The highest BCUT2D eigenvalue weighted by atomic mass is 35.5. The number of ether oxygens (including phenoxy) is 2. The van der Waals surface area contributed by atoms with E-state index in [2.05, 4.69) is 9.62 Å². The lowest BCUT2D eigenvalue weighted by molar-refractivity contribution is 0.0172. The maximum absolute atomic E-state index is 13.1. The molecule has 0 amide bonds. The fourth-order valence-corrected chi connectivity index (χ4v) is 4.97. The highest BCUT2D eigenvalue weighted by molar-refractivity contribution is 7.89. The van der Waals surface area contributed by atoms with Crippen molar-refractivity contribution < 1.29 is 22.7 Å². The van der Waals surface area contributed by atoms with Crippen LogP contribution < -0.4 is 4.72 Å². The Morgan fingerprint density at radius 3 is 2.63 bits per heavy atom. The van der Waals surface area contributed by atoms with Crippen molar-refractivity contribution in [2.45, 2.75) is 17.9 Å². The monoisotopic (exact) mass is 452 g/mol. The van der Waals surface area contributed by atoms with Crippen LogP contribution in [0, 0.1) is 6.92 Å². The first kappa shape index (κ1) is 22.7. The summed E-state index contributed by atoms with van der Waals surface area (Å²) >= 11 is 6.17. The van der Waals surface area contributed by atoms with Gasteiger partial charge in [0.05, 0.1) is 30.8 Å². The van der Waals surface area contributed by atoms with Gasteiger partial charge in [-0.2, -0.15) is 0 Å². The molecule has 0 saturated carbocycles. The van der Waals surface area contributed by atoms with Crippen LogP contribution in [0.15, 0.2) is 47.4 Å². The molecule has 1 aliphatic heterocycles. The van der Waals surface area contributed by atoms with Crippen molar-refractivity contribution in [1.29, 1.82) is 0 Å². The van der Waals surface area contributed by atoms with E-state index in [9.17, 15) is 13.2 Å². The lowest BCUT2D eigenvalue weighted by Crippen LogP contribution is -2.43. The standard InChI is InChI=1S/C21H25ClN2O5S/c1-15-6-7-17(21(25)28-2)13-20(15)30(26,27)23-14-19(24-8-10-29-11-9-24)16-4-3-5-18(22)12-16/h3-7,12-13,19,23H,8-11,14H2,1-2H3. The molecule has 0 aliphatic carbocycles. The van der Waals surface area contributed by atoms with E-state index in [1.54, 1.807) is 25.1 Å². The van der Waals surface area contributed by atoms with Gasteiger partial charge in [0.2, 0.25) is 10.0 Å². The van der Waals surface area contributed by atoms with Crippen molar-refractivity contribution in [2.75, 3.05) is 40.0 Å². The zero-order valence-electron chi connectivity index (χ0n) is 16.9. The summed E-state index contributed by atoms with van der Waals surface area (Å²) in [5, 5.41) is 0.593. The molecule has 2 aromatic carbocycles. The molecule has 1 N–H and O–H groups in total. The summed E-state index contributed by atoms with van der Waals surface area (Å²) in [6.45, 7) is 4.40. The molecule has 1 fully saturated rings. The van der Waals surface area contributed by atoms with Crippen LogP contribution in [0.1, 0.15) is 27.5 Å². The molecular formula is C21H25ClN2O5S. The van der Waals surface area contributed by atoms with E-state index in [0.717, 1.165) is 5.56 Å². The Hall–Kier alpha value is -1.97. The average Bonchev–Trinajstić information content (AvgIpc) is 2.74. The largest absolute Gasteiger partial charge is 0.465 e. The van der Waals surface area contributed by atoms with Gasteiger partial charge >= 0.3 is 5.97 Å². The second kappa shape index (κ2) is 9.89. The summed E-state index contributed by atoms with van der Waals surface area (Å²) < 4.78 is 39.0. The van der Waals surface area contributed by atoms with Crippen LogP contribution in [0.25, 0.3) is 0 Å². The number of morpholine rings is 1. The number of rotatable bonds is 7. The molecule has 1 heterocycles. The molecule has 1 aliphatic rings. The number of halogens is 1. The Balaban J connectivity index is 1.86. The molecule has 0 spiro atoms. The van der Waals surface area contributed by atoms with Crippen LogP contribution in [0.4, 0.5) is 0 Å². The van der Waals surface area contributed by atoms with Gasteiger partial charge in [0, 0.05) is 30.7 Å². The third-order valence-electron chi connectivity index (χ3n) is 5.09. The maximum atomic E-state index is 13.1. The summed E-state index contributed by atoms with van der Waals surface area (Å²) in [5.74, 6) is -0.587. The van der Waals surface area contributed by atoms with Crippen LogP contribution in [0.2, 0.25) is 5.02 Å². The summed E-state index contributed by atoms with van der Waals surface area (Å²) in [4.78, 5) is 14.1. The highest BCUT2D eigenvalue weighted by Crippen LogP contribution is 2.25. The van der Waals surface area contributed by atoms with E-state index in [4.69, 9.17) is 21.1 Å². The molecule has 0 bridgehead atoms. The summed E-state index contributed by atoms with van der Waals surface area (Å²) in [6.07, 6.45) is 0. The number of carbonyl (C=O) groups excluding carboxylic acids is 1. The summed E-state index contributed by atoms with van der Waals surface area (Å²) in [5.41, 5.74) is 1.65. The van der Waals surface area contributed by atoms with Gasteiger partial charge in [-0.05, 0) is 42.3 Å². The number of hydrogen-bond donors (Lipinski definition) is 1.